The molecule has 27 heavy (non-hydrogen) atoms. The fourth-order valence-corrected chi connectivity index (χ4v) is 3.36. The molecule has 0 radical (unpaired) electrons. The van der Waals surface area contributed by atoms with E-state index < -0.39 is 12.7 Å². The van der Waals surface area contributed by atoms with E-state index in [4.69, 9.17) is 9.47 Å². The van der Waals surface area contributed by atoms with Crippen LogP contribution in [0.4, 0.5) is 13.2 Å². The van der Waals surface area contributed by atoms with Crippen molar-refractivity contribution in [1.82, 2.24) is 15.5 Å². The number of benzene rings is 1. The van der Waals surface area contributed by atoms with Gasteiger partial charge in [-0.05, 0) is 43.0 Å². The molecule has 1 saturated heterocycles. The Morgan fingerprint density at radius 1 is 1.26 bits per heavy atom. The standard InChI is InChI=1S/C18H25F3N4O2/c1-22-17(24-9-14-5-7-25(10-14)11-18(19,20)21)23-6-4-13-2-3-15-16(8-13)27-12-26-15/h2-3,8,14H,4-7,9-12H2,1H3,(H2,22,23,24). The number of guanidine groups is 1. The van der Waals surface area contributed by atoms with E-state index in [1.54, 1.807) is 7.05 Å². The topological polar surface area (TPSA) is 58.1 Å². The molecule has 6 nitrogen and oxygen atoms in total. The molecule has 2 heterocycles. The van der Waals surface area contributed by atoms with Crippen molar-refractivity contribution in [3.63, 3.8) is 0 Å². The number of aliphatic imine (C=N–C) groups is 1. The van der Waals surface area contributed by atoms with E-state index in [0.717, 1.165) is 29.9 Å². The minimum atomic E-state index is -4.13. The van der Waals surface area contributed by atoms with Crippen LogP contribution in [0.3, 0.4) is 0 Å². The molecule has 0 aromatic heterocycles. The Kier molecular flexibility index (Phi) is 6.30. The lowest BCUT2D eigenvalue weighted by Gasteiger charge is -2.18. The van der Waals surface area contributed by atoms with Crippen LogP contribution in [0.5, 0.6) is 11.5 Å². The van der Waals surface area contributed by atoms with Gasteiger partial charge in [0.05, 0.1) is 6.54 Å². The maximum absolute atomic E-state index is 12.5. The minimum Gasteiger partial charge on any atom is -0.454 e. The van der Waals surface area contributed by atoms with Crippen LogP contribution in [-0.4, -0.2) is 63.6 Å². The van der Waals surface area contributed by atoms with Crippen LogP contribution in [0, 0.1) is 5.92 Å². The first-order valence-electron chi connectivity index (χ1n) is 9.05. The molecule has 0 saturated carbocycles. The molecule has 1 atom stereocenters. The van der Waals surface area contributed by atoms with E-state index in [2.05, 4.69) is 15.6 Å². The fourth-order valence-electron chi connectivity index (χ4n) is 3.36. The molecule has 0 aliphatic carbocycles. The highest BCUT2D eigenvalue weighted by Gasteiger charge is 2.34. The van der Waals surface area contributed by atoms with Crippen molar-refractivity contribution < 1.29 is 22.6 Å². The Morgan fingerprint density at radius 3 is 2.85 bits per heavy atom. The summed E-state index contributed by atoms with van der Waals surface area (Å²) in [6, 6.07) is 5.87. The van der Waals surface area contributed by atoms with Gasteiger partial charge in [-0.1, -0.05) is 6.07 Å². The molecule has 9 heteroatoms. The van der Waals surface area contributed by atoms with Gasteiger partial charge in [-0.3, -0.25) is 9.89 Å². The minimum absolute atomic E-state index is 0.194. The molecule has 3 rings (SSSR count). The van der Waals surface area contributed by atoms with E-state index in [9.17, 15) is 13.2 Å². The summed E-state index contributed by atoms with van der Waals surface area (Å²) in [7, 11) is 1.68. The van der Waals surface area contributed by atoms with E-state index in [1.807, 2.05) is 18.2 Å². The number of nitrogens with zero attached hydrogens (tertiary/aromatic N) is 2. The van der Waals surface area contributed by atoms with Crippen LogP contribution < -0.4 is 20.1 Å². The predicted octanol–water partition coefficient (Wildman–Crippen LogP) is 2.01. The second-order valence-corrected chi connectivity index (χ2v) is 6.82. The smallest absolute Gasteiger partial charge is 0.401 e. The van der Waals surface area contributed by atoms with Gasteiger partial charge in [0.25, 0.3) is 0 Å². The molecule has 1 unspecified atom stereocenters. The van der Waals surface area contributed by atoms with Crippen molar-refractivity contribution >= 4 is 5.96 Å². The average molecular weight is 386 g/mol. The number of alkyl halides is 3. The number of hydrogen-bond donors (Lipinski definition) is 2. The quantitative estimate of drug-likeness (QED) is 0.579. The highest BCUT2D eigenvalue weighted by atomic mass is 19.4. The Balaban J connectivity index is 1.36. The summed E-state index contributed by atoms with van der Waals surface area (Å²) in [6.07, 6.45) is -2.58. The Hall–Kier alpha value is -2.16. The Bertz CT molecular complexity index is 666. The highest BCUT2D eigenvalue weighted by Crippen LogP contribution is 2.32. The largest absolute Gasteiger partial charge is 0.454 e. The van der Waals surface area contributed by atoms with Crippen molar-refractivity contribution in [3.8, 4) is 11.5 Å². The second-order valence-electron chi connectivity index (χ2n) is 6.82. The second kappa shape index (κ2) is 8.69. The van der Waals surface area contributed by atoms with E-state index in [0.29, 0.717) is 32.1 Å². The van der Waals surface area contributed by atoms with Gasteiger partial charge in [-0.15, -0.1) is 0 Å². The van der Waals surface area contributed by atoms with Crippen LogP contribution in [0.25, 0.3) is 0 Å². The van der Waals surface area contributed by atoms with Gasteiger partial charge < -0.3 is 20.1 Å². The third-order valence-electron chi connectivity index (χ3n) is 4.70. The third kappa shape index (κ3) is 5.92. The summed E-state index contributed by atoms with van der Waals surface area (Å²) in [5, 5.41) is 6.44. The first-order chi connectivity index (χ1) is 12.9. The molecular weight excluding hydrogens is 361 g/mol. The summed E-state index contributed by atoms with van der Waals surface area (Å²) < 4.78 is 48.0. The number of hydrogen-bond acceptors (Lipinski definition) is 4. The van der Waals surface area contributed by atoms with Gasteiger partial charge in [0.1, 0.15) is 0 Å². The van der Waals surface area contributed by atoms with Crippen molar-refractivity contribution in [3.05, 3.63) is 23.8 Å². The predicted molar refractivity (Wildman–Crippen MR) is 96.2 cm³/mol. The molecule has 1 aromatic carbocycles. The number of likely N-dealkylation sites (tertiary alicyclic amines) is 1. The van der Waals surface area contributed by atoms with Gasteiger partial charge in [0.2, 0.25) is 6.79 Å². The third-order valence-corrected chi connectivity index (χ3v) is 4.70. The molecule has 0 bridgehead atoms. The zero-order valence-corrected chi connectivity index (χ0v) is 15.3. The molecule has 2 N–H and O–H groups in total. The Labute approximate surface area is 156 Å². The summed E-state index contributed by atoms with van der Waals surface area (Å²) >= 11 is 0. The lowest BCUT2D eigenvalue weighted by Crippen LogP contribution is -2.41. The fraction of sp³-hybridized carbons (Fsp3) is 0.611. The number of nitrogens with one attached hydrogen (secondary N) is 2. The van der Waals surface area contributed by atoms with E-state index in [-0.39, 0.29) is 12.7 Å². The lowest BCUT2D eigenvalue weighted by atomic mass is 10.1. The number of rotatable bonds is 6. The van der Waals surface area contributed by atoms with Crippen molar-refractivity contribution in [2.24, 2.45) is 10.9 Å². The Morgan fingerprint density at radius 2 is 2.07 bits per heavy atom. The SMILES string of the molecule is CN=C(NCCc1ccc2c(c1)OCO2)NCC1CCN(CC(F)(F)F)C1. The van der Waals surface area contributed by atoms with E-state index in [1.165, 1.54) is 4.90 Å². The molecule has 0 spiro atoms. The molecule has 150 valence electrons. The lowest BCUT2D eigenvalue weighted by molar-refractivity contribution is -0.143. The molecule has 1 fully saturated rings. The molecule has 2 aliphatic rings. The first-order valence-corrected chi connectivity index (χ1v) is 9.05. The summed E-state index contributed by atoms with van der Waals surface area (Å²) in [5.41, 5.74) is 1.13. The van der Waals surface area contributed by atoms with Gasteiger partial charge in [0, 0.05) is 26.7 Å². The van der Waals surface area contributed by atoms with E-state index >= 15 is 0 Å². The molecule has 1 aromatic rings. The van der Waals surface area contributed by atoms with Crippen LogP contribution in [0.2, 0.25) is 0 Å². The molecule has 2 aliphatic heterocycles. The number of halogens is 3. The zero-order valence-electron chi connectivity index (χ0n) is 15.3. The maximum Gasteiger partial charge on any atom is 0.401 e. The van der Waals surface area contributed by atoms with Gasteiger partial charge in [0.15, 0.2) is 17.5 Å². The number of ether oxygens (including phenoxy) is 2. The van der Waals surface area contributed by atoms with Crippen molar-refractivity contribution in [1.29, 1.82) is 0 Å². The van der Waals surface area contributed by atoms with Crippen LogP contribution in [0.1, 0.15) is 12.0 Å². The monoisotopic (exact) mass is 386 g/mol. The highest BCUT2D eigenvalue weighted by molar-refractivity contribution is 5.79. The molecule has 0 amide bonds. The van der Waals surface area contributed by atoms with Crippen LogP contribution >= 0.6 is 0 Å². The van der Waals surface area contributed by atoms with Gasteiger partial charge in [-0.2, -0.15) is 13.2 Å². The summed E-state index contributed by atoms with van der Waals surface area (Å²) in [6.45, 7) is 1.67. The van der Waals surface area contributed by atoms with Gasteiger partial charge >= 0.3 is 6.18 Å². The summed E-state index contributed by atoms with van der Waals surface area (Å²) in [4.78, 5) is 5.63. The number of fused-ring (bicyclic) bond motifs is 1. The van der Waals surface area contributed by atoms with Crippen LogP contribution in [-0.2, 0) is 6.42 Å². The average Bonchev–Trinajstić information content (AvgIpc) is 3.25. The van der Waals surface area contributed by atoms with Crippen molar-refractivity contribution in [2.75, 3.05) is 46.6 Å². The maximum atomic E-state index is 12.5. The first kappa shape index (κ1) is 19.6. The summed E-state index contributed by atoms with van der Waals surface area (Å²) in [5.74, 6) is 2.38. The van der Waals surface area contributed by atoms with Crippen molar-refractivity contribution in [2.45, 2.75) is 19.0 Å². The zero-order chi connectivity index (χ0) is 19.3. The van der Waals surface area contributed by atoms with Gasteiger partial charge in [-0.25, -0.2) is 0 Å². The molecular formula is C18H25F3N4O2. The van der Waals surface area contributed by atoms with Crippen LogP contribution in [0.15, 0.2) is 23.2 Å². The normalized spacial score (nSPS) is 20.1.